The molecule has 162 valence electrons. The van der Waals surface area contributed by atoms with Gasteiger partial charge in [0, 0.05) is 11.1 Å². The number of H-pyrrole nitrogens is 1. The average molecular weight is 434 g/mol. The van der Waals surface area contributed by atoms with Crippen molar-refractivity contribution in [1.82, 2.24) is 15.6 Å². The van der Waals surface area contributed by atoms with Gasteiger partial charge >= 0.3 is 0 Å². The zero-order valence-electron chi connectivity index (χ0n) is 18.1. The maximum Gasteiger partial charge on any atom is 0.289 e. The van der Waals surface area contributed by atoms with Gasteiger partial charge in [0.1, 0.15) is 11.4 Å². The smallest absolute Gasteiger partial charge is 0.289 e. The normalized spacial score (nSPS) is 11.3. The quantitative estimate of drug-likeness (QED) is 0.209. The molecule has 0 aliphatic heterocycles. The Hall–Kier alpha value is -4.45. The van der Waals surface area contributed by atoms with Crippen molar-refractivity contribution >= 4 is 33.7 Å². The standard InChI is InChI=1S/C27H22N4O2/c1-2-33-21-13-11-18(12-14-21)25-16-26(30-29-25)27(32)31-28-17-24-22-9-5-3-7-19(22)15-20-8-4-6-10-23(20)24/h3-17H,2H2,1H3,(H,29,30)(H,31,32)/b28-17+. The van der Waals surface area contributed by atoms with Crippen molar-refractivity contribution in [1.29, 1.82) is 0 Å². The first-order valence-electron chi connectivity index (χ1n) is 10.8. The monoisotopic (exact) mass is 434 g/mol. The molecule has 0 unspecified atom stereocenters. The number of aromatic amines is 1. The Morgan fingerprint density at radius 2 is 1.64 bits per heavy atom. The minimum Gasteiger partial charge on any atom is -0.494 e. The Morgan fingerprint density at radius 3 is 2.30 bits per heavy atom. The third-order valence-corrected chi connectivity index (χ3v) is 5.46. The number of hydrogen-bond donors (Lipinski definition) is 2. The Morgan fingerprint density at radius 1 is 0.970 bits per heavy atom. The lowest BCUT2D eigenvalue weighted by Crippen LogP contribution is -2.18. The zero-order chi connectivity index (χ0) is 22.6. The second-order valence-electron chi connectivity index (χ2n) is 7.56. The first-order valence-corrected chi connectivity index (χ1v) is 10.8. The van der Waals surface area contributed by atoms with Crippen LogP contribution in [0.1, 0.15) is 23.0 Å². The van der Waals surface area contributed by atoms with Crippen molar-refractivity contribution in [3.8, 4) is 17.0 Å². The second-order valence-corrected chi connectivity index (χ2v) is 7.56. The van der Waals surface area contributed by atoms with Crippen LogP contribution in [0, 0.1) is 0 Å². The van der Waals surface area contributed by atoms with Crippen LogP contribution in [0.4, 0.5) is 0 Å². The van der Waals surface area contributed by atoms with Crippen molar-refractivity contribution in [2.75, 3.05) is 6.61 Å². The fraction of sp³-hybridized carbons (Fsp3) is 0.0741. The zero-order valence-corrected chi connectivity index (χ0v) is 18.1. The van der Waals surface area contributed by atoms with Gasteiger partial charge in [-0.2, -0.15) is 10.2 Å². The molecule has 5 aromatic rings. The lowest BCUT2D eigenvalue weighted by atomic mass is 9.97. The molecule has 5 rings (SSSR count). The largest absolute Gasteiger partial charge is 0.494 e. The first-order chi connectivity index (χ1) is 16.2. The Bertz CT molecular complexity index is 1420. The number of benzene rings is 4. The van der Waals surface area contributed by atoms with Crippen LogP contribution in [-0.2, 0) is 0 Å². The Kier molecular flexibility index (Phi) is 5.55. The van der Waals surface area contributed by atoms with Crippen LogP contribution in [0.15, 0.2) is 90.0 Å². The number of amides is 1. The number of carbonyl (C=O) groups is 1. The van der Waals surface area contributed by atoms with Crippen LogP contribution in [0.5, 0.6) is 5.75 Å². The summed E-state index contributed by atoms with van der Waals surface area (Å²) in [7, 11) is 0. The number of nitrogens with zero attached hydrogens (tertiary/aromatic N) is 2. The van der Waals surface area contributed by atoms with Crippen molar-refractivity contribution in [3.63, 3.8) is 0 Å². The van der Waals surface area contributed by atoms with Crippen LogP contribution < -0.4 is 10.2 Å². The number of aromatic nitrogens is 2. The van der Waals surface area contributed by atoms with E-state index in [2.05, 4.69) is 51.1 Å². The highest BCUT2D eigenvalue weighted by atomic mass is 16.5. The molecule has 0 aliphatic carbocycles. The SMILES string of the molecule is CCOc1ccc(-c2cc(C(=O)N/N=C/c3c4ccccc4cc4ccccc34)[nH]n2)cc1. The van der Waals surface area contributed by atoms with Gasteiger partial charge in [0.2, 0.25) is 0 Å². The van der Waals surface area contributed by atoms with Crippen LogP contribution in [0.3, 0.4) is 0 Å². The summed E-state index contributed by atoms with van der Waals surface area (Å²) in [5.41, 5.74) is 5.46. The van der Waals surface area contributed by atoms with Gasteiger partial charge in [-0.25, -0.2) is 5.43 Å². The van der Waals surface area contributed by atoms with E-state index in [1.807, 2.05) is 55.5 Å². The minimum atomic E-state index is -0.361. The first kappa shape index (κ1) is 20.5. The van der Waals surface area contributed by atoms with Gasteiger partial charge in [-0.15, -0.1) is 0 Å². The molecule has 0 saturated heterocycles. The number of ether oxygens (including phenoxy) is 1. The van der Waals surface area contributed by atoms with Crippen LogP contribution in [-0.4, -0.2) is 28.9 Å². The summed E-state index contributed by atoms with van der Waals surface area (Å²) in [6.07, 6.45) is 1.70. The summed E-state index contributed by atoms with van der Waals surface area (Å²) < 4.78 is 5.47. The lowest BCUT2D eigenvalue weighted by Gasteiger charge is -2.07. The van der Waals surface area contributed by atoms with Crippen molar-refractivity contribution in [2.24, 2.45) is 5.10 Å². The maximum atomic E-state index is 12.6. The number of rotatable bonds is 6. The van der Waals surface area contributed by atoms with Crippen LogP contribution >= 0.6 is 0 Å². The van der Waals surface area contributed by atoms with Gasteiger partial charge < -0.3 is 4.74 Å². The Balaban J connectivity index is 1.36. The molecular formula is C27H22N4O2. The van der Waals surface area contributed by atoms with Gasteiger partial charge in [-0.05, 0) is 64.9 Å². The molecule has 0 aliphatic rings. The van der Waals surface area contributed by atoms with Gasteiger partial charge in [0.05, 0.1) is 18.5 Å². The van der Waals surface area contributed by atoms with Crippen molar-refractivity contribution < 1.29 is 9.53 Å². The van der Waals surface area contributed by atoms with Crippen LogP contribution in [0.25, 0.3) is 32.8 Å². The van der Waals surface area contributed by atoms with E-state index in [0.29, 0.717) is 18.0 Å². The molecule has 6 nitrogen and oxygen atoms in total. The van der Waals surface area contributed by atoms with Gasteiger partial charge in [-0.1, -0.05) is 48.5 Å². The van der Waals surface area contributed by atoms with E-state index in [1.54, 1.807) is 12.3 Å². The third-order valence-electron chi connectivity index (χ3n) is 5.46. The molecule has 1 amide bonds. The third kappa shape index (κ3) is 4.19. The number of hydrogen-bond acceptors (Lipinski definition) is 4. The molecule has 0 spiro atoms. The Labute approximate surface area is 190 Å². The molecule has 0 fully saturated rings. The molecule has 1 aromatic heterocycles. The average Bonchev–Trinajstić information content (AvgIpc) is 3.35. The summed E-state index contributed by atoms with van der Waals surface area (Å²) in [4.78, 5) is 12.6. The lowest BCUT2D eigenvalue weighted by molar-refractivity contribution is 0.0950. The van der Waals surface area contributed by atoms with E-state index in [9.17, 15) is 4.79 Å². The molecule has 4 aromatic carbocycles. The van der Waals surface area contributed by atoms with Gasteiger partial charge in [0.15, 0.2) is 0 Å². The highest BCUT2D eigenvalue weighted by molar-refractivity contribution is 6.13. The van der Waals surface area contributed by atoms with Gasteiger partial charge in [-0.3, -0.25) is 9.89 Å². The number of fused-ring (bicyclic) bond motifs is 2. The highest BCUT2D eigenvalue weighted by Crippen LogP contribution is 2.27. The predicted molar refractivity (Wildman–Crippen MR) is 132 cm³/mol. The predicted octanol–water partition coefficient (Wildman–Crippen LogP) is 5.55. The minimum absolute atomic E-state index is 0.332. The fourth-order valence-corrected chi connectivity index (χ4v) is 3.88. The number of nitrogens with one attached hydrogen (secondary N) is 2. The molecule has 6 heteroatoms. The van der Waals surface area contributed by atoms with E-state index in [4.69, 9.17) is 4.74 Å². The summed E-state index contributed by atoms with van der Waals surface area (Å²) >= 11 is 0. The van der Waals surface area contributed by atoms with Crippen molar-refractivity contribution in [3.05, 3.63) is 96.2 Å². The van der Waals surface area contributed by atoms with E-state index in [0.717, 1.165) is 38.4 Å². The highest BCUT2D eigenvalue weighted by Gasteiger charge is 2.11. The molecule has 2 N–H and O–H groups in total. The fourth-order valence-electron chi connectivity index (χ4n) is 3.88. The van der Waals surface area contributed by atoms with Crippen LogP contribution in [0.2, 0.25) is 0 Å². The molecule has 0 radical (unpaired) electrons. The number of carbonyl (C=O) groups excluding carboxylic acids is 1. The van der Waals surface area contributed by atoms with E-state index >= 15 is 0 Å². The molecular weight excluding hydrogens is 412 g/mol. The number of hydrazone groups is 1. The summed E-state index contributed by atoms with van der Waals surface area (Å²) in [6, 6.07) is 27.7. The molecule has 0 atom stereocenters. The van der Waals surface area contributed by atoms with E-state index < -0.39 is 0 Å². The maximum absolute atomic E-state index is 12.6. The van der Waals surface area contributed by atoms with Gasteiger partial charge in [0.25, 0.3) is 5.91 Å². The molecule has 33 heavy (non-hydrogen) atoms. The van der Waals surface area contributed by atoms with E-state index in [1.165, 1.54) is 0 Å². The summed E-state index contributed by atoms with van der Waals surface area (Å²) in [5.74, 6) is 0.436. The molecule has 0 bridgehead atoms. The second kappa shape index (κ2) is 8.96. The molecule has 0 saturated carbocycles. The topological polar surface area (TPSA) is 79.4 Å². The van der Waals surface area contributed by atoms with E-state index in [-0.39, 0.29) is 5.91 Å². The summed E-state index contributed by atoms with van der Waals surface area (Å²) in [5, 5.41) is 15.7. The van der Waals surface area contributed by atoms with Crippen molar-refractivity contribution in [2.45, 2.75) is 6.92 Å². The molecule has 1 heterocycles. The summed E-state index contributed by atoms with van der Waals surface area (Å²) in [6.45, 7) is 2.55.